The van der Waals surface area contributed by atoms with Gasteiger partial charge in [0.25, 0.3) is 0 Å². The predicted octanol–water partition coefficient (Wildman–Crippen LogP) is 3.09. The Balaban J connectivity index is 1.72. The molecule has 0 spiro atoms. The summed E-state index contributed by atoms with van der Waals surface area (Å²) in [5.41, 5.74) is 0. The maximum Gasteiger partial charge on any atom is 0.315 e. The van der Waals surface area contributed by atoms with Crippen molar-refractivity contribution in [3.05, 3.63) is 24.3 Å². The number of para-hydroxylation sites is 2. The van der Waals surface area contributed by atoms with Gasteiger partial charge >= 0.3 is 6.03 Å². The molecule has 0 bridgehead atoms. The molecule has 0 aliphatic heterocycles. The van der Waals surface area contributed by atoms with Gasteiger partial charge in [-0.2, -0.15) is 0 Å². The molecule has 0 aromatic heterocycles. The minimum atomic E-state index is -0.108. The number of methoxy groups -OCH3 is 1. The van der Waals surface area contributed by atoms with E-state index in [1.54, 1.807) is 7.11 Å². The molecule has 2 amide bonds. The Hall–Kier alpha value is -1.91. The van der Waals surface area contributed by atoms with E-state index in [2.05, 4.69) is 10.6 Å². The van der Waals surface area contributed by atoms with Crippen molar-refractivity contribution in [3.8, 4) is 11.5 Å². The minimum Gasteiger partial charge on any atom is -0.493 e. The third-order valence-corrected chi connectivity index (χ3v) is 3.88. The first kappa shape index (κ1) is 16.5. The van der Waals surface area contributed by atoms with Crippen LogP contribution in [0.5, 0.6) is 11.5 Å². The lowest BCUT2D eigenvalue weighted by Crippen LogP contribution is -2.47. The Kier molecular flexibility index (Phi) is 6.37. The first-order valence-corrected chi connectivity index (χ1v) is 8.02. The van der Waals surface area contributed by atoms with Gasteiger partial charge < -0.3 is 20.1 Å². The summed E-state index contributed by atoms with van der Waals surface area (Å²) in [7, 11) is 1.61. The van der Waals surface area contributed by atoms with E-state index in [1.165, 1.54) is 19.3 Å². The van der Waals surface area contributed by atoms with Crippen molar-refractivity contribution < 1.29 is 14.3 Å². The number of ether oxygens (including phenoxy) is 2. The van der Waals surface area contributed by atoms with Crippen LogP contribution >= 0.6 is 0 Å². The molecule has 122 valence electrons. The zero-order chi connectivity index (χ0) is 15.8. The second-order valence-electron chi connectivity index (χ2n) is 5.82. The number of benzene rings is 1. The molecule has 2 rings (SSSR count). The maximum absolute atomic E-state index is 12.0. The average molecular weight is 306 g/mol. The van der Waals surface area contributed by atoms with Crippen molar-refractivity contribution in [3.63, 3.8) is 0 Å². The first-order chi connectivity index (χ1) is 10.7. The SMILES string of the molecule is COc1ccccc1OCC(C)NC(=O)NC1CCCCC1. The van der Waals surface area contributed by atoms with Crippen LogP contribution in [0.3, 0.4) is 0 Å². The van der Waals surface area contributed by atoms with E-state index in [-0.39, 0.29) is 12.1 Å². The van der Waals surface area contributed by atoms with Crippen LogP contribution in [-0.2, 0) is 0 Å². The van der Waals surface area contributed by atoms with E-state index in [0.717, 1.165) is 12.8 Å². The van der Waals surface area contributed by atoms with Gasteiger partial charge in [-0.15, -0.1) is 0 Å². The topological polar surface area (TPSA) is 59.6 Å². The van der Waals surface area contributed by atoms with Crippen molar-refractivity contribution in [1.82, 2.24) is 10.6 Å². The lowest BCUT2D eigenvalue weighted by Gasteiger charge is -2.24. The Morgan fingerprint density at radius 2 is 1.91 bits per heavy atom. The zero-order valence-corrected chi connectivity index (χ0v) is 13.4. The number of carbonyl (C=O) groups excluding carboxylic acids is 1. The van der Waals surface area contributed by atoms with Crippen LogP contribution in [0.15, 0.2) is 24.3 Å². The molecule has 5 heteroatoms. The minimum absolute atomic E-state index is 0.0755. The number of amides is 2. The summed E-state index contributed by atoms with van der Waals surface area (Å²) in [5, 5.41) is 5.96. The van der Waals surface area contributed by atoms with Crippen LogP contribution < -0.4 is 20.1 Å². The standard InChI is InChI=1S/C17H26N2O3/c1-13(12-22-16-11-7-6-10-15(16)21-2)18-17(20)19-14-8-4-3-5-9-14/h6-7,10-11,13-14H,3-5,8-9,12H2,1-2H3,(H2,18,19,20). The van der Waals surface area contributed by atoms with Crippen LogP contribution in [0.25, 0.3) is 0 Å². The lowest BCUT2D eigenvalue weighted by molar-refractivity contribution is 0.218. The van der Waals surface area contributed by atoms with Gasteiger partial charge in [-0.25, -0.2) is 4.79 Å². The van der Waals surface area contributed by atoms with Gasteiger partial charge in [0.15, 0.2) is 11.5 Å². The molecule has 0 radical (unpaired) electrons. The van der Waals surface area contributed by atoms with E-state index in [9.17, 15) is 4.79 Å². The first-order valence-electron chi connectivity index (χ1n) is 8.02. The molecule has 0 saturated heterocycles. The molecular weight excluding hydrogens is 280 g/mol. The number of nitrogens with one attached hydrogen (secondary N) is 2. The Bertz CT molecular complexity index is 473. The van der Waals surface area contributed by atoms with Gasteiger partial charge in [0, 0.05) is 6.04 Å². The quantitative estimate of drug-likeness (QED) is 0.849. The molecular formula is C17H26N2O3. The van der Waals surface area contributed by atoms with Crippen molar-refractivity contribution in [1.29, 1.82) is 0 Å². The van der Waals surface area contributed by atoms with Gasteiger partial charge in [0.2, 0.25) is 0 Å². The lowest BCUT2D eigenvalue weighted by atomic mass is 9.96. The number of rotatable bonds is 6. The maximum atomic E-state index is 12.0. The third kappa shape index (κ3) is 5.13. The number of hydrogen-bond donors (Lipinski definition) is 2. The highest BCUT2D eigenvalue weighted by atomic mass is 16.5. The van der Waals surface area contributed by atoms with Gasteiger partial charge in [-0.1, -0.05) is 31.4 Å². The molecule has 1 aromatic rings. The fraction of sp³-hybridized carbons (Fsp3) is 0.588. The summed E-state index contributed by atoms with van der Waals surface area (Å²) >= 11 is 0. The van der Waals surface area contributed by atoms with Gasteiger partial charge in [-0.3, -0.25) is 0 Å². The average Bonchev–Trinajstić information content (AvgIpc) is 2.54. The summed E-state index contributed by atoms with van der Waals surface area (Å²) in [6.45, 7) is 2.33. The van der Waals surface area contributed by atoms with Gasteiger partial charge in [0.1, 0.15) is 6.61 Å². The second kappa shape index (κ2) is 8.51. The molecule has 1 atom stereocenters. The van der Waals surface area contributed by atoms with Crippen LogP contribution in [0.2, 0.25) is 0 Å². The van der Waals surface area contributed by atoms with Crippen LogP contribution in [0, 0.1) is 0 Å². The molecule has 0 heterocycles. The fourth-order valence-corrected chi connectivity index (χ4v) is 2.69. The molecule has 1 aromatic carbocycles. The molecule has 1 saturated carbocycles. The van der Waals surface area contributed by atoms with E-state index in [4.69, 9.17) is 9.47 Å². The molecule has 22 heavy (non-hydrogen) atoms. The molecule has 5 nitrogen and oxygen atoms in total. The van der Waals surface area contributed by atoms with E-state index >= 15 is 0 Å². The van der Waals surface area contributed by atoms with Crippen molar-refractivity contribution in [2.24, 2.45) is 0 Å². The number of urea groups is 1. The highest BCUT2D eigenvalue weighted by molar-refractivity contribution is 5.74. The van der Waals surface area contributed by atoms with Gasteiger partial charge in [0.05, 0.1) is 13.2 Å². The summed E-state index contributed by atoms with van der Waals surface area (Å²) in [6.07, 6.45) is 5.86. The summed E-state index contributed by atoms with van der Waals surface area (Å²) < 4.78 is 10.9. The van der Waals surface area contributed by atoms with Crippen LogP contribution in [0.4, 0.5) is 4.79 Å². The number of hydrogen-bond acceptors (Lipinski definition) is 3. The molecule has 1 fully saturated rings. The Morgan fingerprint density at radius 1 is 1.23 bits per heavy atom. The van der Waals surface area contributed by atoms with Crippen LogP contribution in [0.1, 0.15) is 39.0 Å². The van der Waals surface area contributed by atoms with E-state index in [0.29, 0.717) is 24.1 Å². The Labute approximate surface area is 132 Å². The van der Waals surface area contributed by atoms with Crippen molar-refractivity contribution in [2.75, 3.05) is 13.7 Å². The molecule has 1 unspecified atom stereocenters. The summed E-state index contributed by atoms with van der Waals surface area (Å²) in [6, 6.07) is 7.63. The highest BCUT2D eigenvalue weighted by Gasteiger charge is 2.16. The summed E-state index contributed by atoms with van der Waals surface area (Å²) in [5.74, 6) is 1.38. The second-order valence-corrected chi connectivity index (χ2v) is 5.82. The van der Waals surface area contributed by atoms with E-state index in [1.807, 2.05) is 31.2 Å². The smallest absolute Gasteiger partial charge is 0.315 e. The van der Waals surface area contributed by atoms with E-state index < -0.39 is 0 Å². The highest BCUT2D eigenvalue weighted by Crippen LogP contribution is 2.25. The third-order valence-electron chi connectivity index (χ3n) is 3.88. The molecule has 1 aliphatic rings. The zero-order valence-electron chi connectivity index (χ0n) is 13.4. The molecule has 2 N–H and O–H groups in total. The van der Waals surface area contributed by atoms with Crippen molar-refractivity contribution in [2.45, 2.75) is 51.1 Å². The fourth-order valence-electron chi connectivity index (χ4n) is 2.69. The molecule has 1 aliphatic carbocycles. The van der Waals surface area contributed by atoms with Crippen molar-refractivity contribution >= 4 is 6.03 Å². The monoisotopic (exact) mass is 306 g/mol. The van der Waals surface area contributed by atoms with Crippen LogP contribution in [-0.4, -0.2) is 31.8 Å². The predicted molar refractivity (Wildman–Crippen MR) is 86.5 cm³/mol. The summed E-state index contributed by atoms with van der Waals surface area (Å²) in [4.78, 5) is 12.0. The Morgan fingerprint density at radius 3 is 2.59 bits per heavy atom. The normalized spacial score (nSPS) is 16.6. The van der Waals surface area contributed by atoms with Gasteiger partial charge in [-0.05, 0) is 31.9 Å². The largest absolute Gasteiger partial charge is 0.493 e. The number of carbonyl (C=O) groups is 1.